The van der Waals surface area contributed by atoms with Crippen LogP contribution >= 0.6 is 0 Å². The number of aromatic nitrogens is 2. The number of anilines is 3. The summed E-state index contributed by atoms with van der Waals surface area (Å²) in [6.07, 6.45) is 2.35. The molecule has 0 saturated carbocycles. The molecule has 2 aliphatic heterocycles. The van der Waals surface area contributed by atoms with Gasteiger partial charge in [-0.05, 0) is 37.1 Å². The molecular weight excluding hydrogens is 434 g/mol. The van der Waals surface area contributed by atoms with Crippen molar-refractivity contribution in [3.8, 4) is 5.75 Å². The third-order valence-electron chi connectivity index (χ3n) is 6.46. The summed E-state index contributed by atoms with van der Waals surface area (Å²) >= 11 is 0. The number of hydrogen-bond acceptors (Lipinski definition) is 7. The molecule has 3 aromatic rings. The molecule has 1 saturated heterocycles. The molecule has 3 heterocycles. The SMILES string of the molecule is [C-]#[N+]c1cc2c(N3CCOCc4c(N5CCCC5)cccc43)nc(=O)n(C)c2cc1OCCO. The molecule has 0 aliphatic carbocycles. The lowest BCUT2D eigenvalue weighted by atomic mass is 10.1. The quantitative estimate of drug-likeness (QED) is 0.585. The average Bonchev–Trinajstić information content (AvgIpc) is 3.31. The van der Waals surface area contributed by atoms with E-state index < -0.39 is 5.69 Å². The van der Waals surface area contributed by atoms with Crippen LogP contribution in [0.2, 0.25) is 0 Å². The fourth-order valence-electron chi connectivity index (χ4n) is 4.80. The second kappa shape index (κ2) is 9.33. The lowest BCUT2D eigenvalue weighted by Crippen LogP contribution is -2.28. The highest BCUT2D eigenvalue weighted by Gasteiger charge is 2.26. The number of aliphatic hydroxyl groups excluding tert-OH is 1. The Balaban J connectivity index is 1.71. The molecule has 1 aromatic heterocycles. The van der Waals surface area contributed by atoms with Gasteiger partial charge in [-0.15, -0.1) is 0 Å². The fraction of sp³-hybridized carbons (Fsp3) is 0.400. The van der Waals surface area contributed by atoms with Gasteiger partial charge in [-0.1, -0.05) is 6.07 Å². The van der Waals surface area contributed by atoms with Gasteiger partial charge in [0.25, 0.3) is 0 Å². The van der Waals surface area contributed by atoms with Crippen molar-refractivity contribution < 1.29 is 14.6 Å². The van der Waals surface area contributed by atoms with Crippen LogP contribution in [0.5, 0.6) is 5.75 Å². The molecule has 0 spiro atoms. The molecule has 2 aromatic carbocycles. The van der Waals surface area contributed by atoms with Crippen LogP contribution < -0.4 is 20.2 Å². The summed E-state index contributed by atoms with van der Waals surface area (Å²) in [6.45, 7) is 11.1. The van der Waals surface area contributed by atoms with Gasteiger partial charge >= 0.3 is 5.69 Å². The number of aryl methyl sites for hydroxylation is 1. The summed E-state index contributed by atoms with van der Waals surface area (Å²) in [4.78, 5) is 25.4. The van der Waals surface area contributed by atoms with E-state index in [2.05, 4.69) is 20.8 Å². The molecule has 0 radical (unpaired) electrons. The number of aliphatic hydroxyl groups is 1. The Morgan fingerprint density at radius 3 is 2.76 bits per heavy atom. The lowest BCUT2D eigenvalue weighted by Gasteiger charge is -2.28. The fourth-order valence-corrected chi connectivity index (χ4v) is 4.80. The first-order chi connectivity index (χ1) is 16.6. The highest BCUT2D eigenvalue weighted by Crippen LogP contribution is 2.41. The average molecular weight is 462 g/mol. The van der Waals surface area contributed by atoms with Crippen LogP contribution in [0.15, 0.2) is 35.1 Å². The van der Waals surface area contributed by atoms with Crippen molar-refractivity contribution >= 4 is 33.8 Å². The zero-order valence-corrected chi connectivity index (χ0v) is 19.2. The summed E-state index contributed by atoms with van der Waals surface area (Å²) in [5.41, 5.74) is 3.74. The minimum atomic E-state index is -0.395. The smallest absolute Gasteiger partial charge is 0.349 e. The Bertz CT molecular complexity index is 1320. The van der Waals surface area contributed by atoms with Gasteiger partial charge in [0.2, 0.25) is 5.69 Å². The Kier molecular flexibility index (Phi) is 6.09. The van der Waals surface area contributed by atoms with Crippen molar-refractivity contribution in [1.82, 2.24) is 9.55 Å². The number of benzene rings is 2. The van der Waals surface area contributed by atoms with Crippen LogP contribution in [0.3, 0.4) is 0 Å². The van der Waals surface area contributed by atoms with Gasteiger partial charge in [0.1, 0.15) is 18.2 Å². The van der Waals surface area contributed by atoms with E-state index in [1.165, 1.54) is 17.4 Å². The predicted molar refractivity (Wildman–Crippen MR) is 130 cm³/mol. The second-order valence-corrected chi connectivity index (χ2v) is 8.47. The van der Waals surface area contributed by atoms with E-state index in [-0.39, 0.29) is 13.2 Å². The van der Waals surface area contributed by atoms with Gasteiger partial charge in [0.15, 0.2) is 0 Å². The molecule has 2 aliphatic rings. The van der Waals surface area contributed by atoms with E-state index >= 15 is 0 Å². The highest BCUT2D eigenvalue weighted by molar-refractivity contribution is 5.96. The van der Waals surface area contributed by atoms with Crippen molar-refractivity contribution in [2.24, 2.45) is 7.05 Å². The maximum Gasteiger partial charge on any atom is 0.349 e. The summed E-state index contributed by atoms with van der Waals surface area (Å²) in [7, 11) is 1.65. The molecule has 1 N–H and O–H groups in total. The van der Waals surface area contributed by atoms with E-state index in [1.807, 2.05) is 17.0 Å². The van der Waals surface area contributed by atoms with Crippen LogP contribution in [-0.2, 0) is 18.4 Å². The van der Waals surface area contributed by atoms with Gasteiger partial charge in [-0.3, -0.25) is 4.57 Å². The molecule has 34 heavy (non-hydrogen) atoms. The molecule has 9 heteroatoms. The summed E-state index contributed by atoms with van der Waals surface area (Å²) < 4.78 is 13.0. The molecule has 0 amide bonds. The van der Waals surface area contributed by atoms with Crippen LogP contribution in [0.1, 0.15) is 18.4 Å². The predicted octanol–water partition coefficient (Wildman–Crippen LogP) is 3.12. The molecule has 0 bridgehead atoms. The second-order valence-electron chi connectivity index (χ2n) is 8.47. The monoisotopic (exact) mass is 461 g/mol. The molecule has 176 valence electrons. The van der Waals surface area contributed by atoms with E-state index in [9.17, 15) is 4.79 Å². The van der Waals surface area contributed by atoms with E-state index in [0.717, 1.165) is 30.0 Å². The number of rotatable bonds is 5. The Hall–Kier alpha value is -3.61. The normalized spacial score (nSPS) is 15.8. The third kappa shape index (κ3) is 3.85. The Morgan fingerprint density at radius 2 is 2.00 bits per heavy atom. The first-order valence-electron chi connectivity index (χ1n) is 11.5. The molecule has 9 nitrogen and oxygen atoms in total. The number of nitrogens with zero attached hydrogens (tertiary/aromatic N) is 5. The largest absolute Gasteiger partial charge is 0.502 e. The molecule has 5 rings (SSSR count). The first-order valence-corrected chi connectivity index (χ1v) is 11.5. The van der Waals surface area contributed by atoms with E-state index in [0.29, 0.717) is 47.9 Å². The van der Waals surface area contributed by atoms with Gasteiger partial charge in [0, 0.05) is 43.3 Å². The van der Waals surface area contributed by atoms with Crippen molar-refractivity contribution in [3.05, 3.63) is 57.8 Å². The summed E-state index contributed by atoms with van der Waals surface area (Å²) in [5, 5.41) is 9.83. The first kappa shape index (κ1) is 22.2. The van der Waals surface area contributed by atoms with Gasteiger partial charge in [-0.25, -0.2) is 9.64 Å². The van der Waals surface area contributed by atoms with Crippen LogP contribution in [-0.4, -0.2) is 54.1 Å². The Morgan fingerprint density at radius 1 is 1.21 bits per heavy atom. The Labute approximate surface area is 197 Å². The lowest BCUT2D eigenvalue weighted by molar-refractivity contribution is 0.133. The molecule has 0 atom stereocenters. The minimum absolute atomic E-state index is 0.0655. The maximum absolute atomic E-state index is 12.9. The minimum Gasteiger partial charge on any atom is -0.502 e. The van der Waals surface area contributed by atoms with Crippen LogP contribution in [0.25, 0.3) is 15.7 Å². The topological polar surface area (TPSA) is 84.4 Å². The maximum atomic E-state index is 12.9. The van der Waals surface area contributed by atoms with Gasteiger partial charge in [0.05, 0.1) is 37.6 Å². The van der Waals surface area contributed by atoms with Crippen molar-refractivity contribution in [2.75, 3.05) is 49.3 Å². The zero-order valence-electron chi connectivity index (χ0n) is 19.2. The third-order valence-corrected chi connectivity index (χ3v) is 6.46. The van der Waals surface area contributed by atoms with Crippen molar-refractivity contribution in [2.45, 2.75) is 19.4 Å². The van der Waals surface area contributed by atoms with Gasteiger partial charge in [-0.2, -0.15) is 4.98 Å². The molecule has 1 fully saturated rings. The van der Waals surface area contributed by atoms with Gasteiger partial charge < -0.3 is 24.4 Å². The van der Waals surface area contributed by atoms with E-state index in [1.54, 1.807) is 19.2 Å². The summed E-state index contributed by atoms with van der Waals surface area (Å²) in [5.74, 6) is 0.835. The molecular formula is C25H27N5O4. The number of ether oxygens (including phenoxy) is 2. The van der Waals surface area contributed by atoms with Crippen LogP contribution in [0.4, 0.5) is 22.9 Å². The van der Waals surface area contributed by atoms with Crippen molar-refractivity contribution in [3.63, 3.8) is 0 Å². The number of hydrogen-bond donors (Lipinski definition) is 1. The standard InChI is InChI=1S/C25H27N5O4/c1-26-19-14-17-22(15-23(19)34-13-11-31)28(2)25(32)27-24(17)30-10-12-33-16-18-20(6-5-7-21(18)30)29-8-3-4-9-29/h5-7,14-15,31H,3-4,8-13,16H2,2H3. The van der Waals surface area contributed by atoms with E-state index in [4.69, 9.17) is 21.2 Å². The van der Waals surface area contributed by atoms with Crippen molar-refractivity contribution in [1.29, 1.82) is 0 Å². The van der Waals surface area contributed by atoms with Crippen LogP contribution in [0, 0.1) is 6.57 Å². The molecule has 0 unspecified atom stereocenters. The zero-order chi connectivity index (χ0) is 23.7. The number of fused-ring (bicyclic) bond motifs is 2. The highest BCUT2D eigenvalue weighted by atomic mass is 16.5. The summed E-state index contributed by atoms with van der Waals surface area (Å²) in [6, 6.07) is 9.62.